The Bertz CT molecular complexity index is 1160. The minimum Gasteiger partial charge on any atom is -0.412 e. The molecule has 29 heavy (non-hydrogen) atoms. The number of aryl methyl sites for hydroxylation is 3. The topological polar surface area (TPSA) is 76.3 Å². The molecule has 1 saturated heterocycles. The van der Waals surface area contributed by atoms with Crippen LogP contribution in [0.5, 0.6) is 0 Å². The van der Waals surface area contributed by atoms with Crippen LogP contribution in [0.1, 0.15) is 36.2 Å². The predicted molar refractivity (Wildman–Crippen MR) is 126 cm³/mol. The molecule has 0 amide bonds. The van der Waals surface area contributed by atoms with Gasteiger partial charge in [0.15, 0.2) is 5.82 Å². The largest absolute Gasteiger partial charge is 0.412 e. The quantitative estimate of drug-likeness (QED) is 0.465. The third-order valence-corrected chi connectivity index (χ3v) is 6.87. The highest BCUT2D eigenvalue weighted by molar-refractivity contribution is 7.22. The van der Waals surface area contributed by atoms with Gasteiger partial charge >= 0.3 is 0 Å². The molecule has 1 fully saturated rings. The second-order valence-corrected chi connectivity index (χ2v) is 8.69. The van der Waals surface area contributed by atoms with Crippen molar-refractivity contribution in [2.75, 3.05) is 18.0 Å². The van der Waals surface area contributed by atoms with Crippen molar-refractivity contribution >= 4 is 50.7 Å². The van der Waals surface area contributed by atoms with Crippen molar-refractivity contribution < 1.29 is 5.48 Å². The Kier molecular flexibility index (Phi) is 6.17. The molecule has 1 aliphatic rings. The van der Waals surface area contributed by atoms with Gasteiger partial charge < -0.3 is 15.4 Å². The fourth-order valence-corrected chi connectivity index (χ4v) is 5.32. The number of rotatable bonds is 2. The molecule has 1 aliphatic heterocycles. The van der Waals surface area contributed by atoms with E-state index in [1.807, 2.05) is 18.3 Å². The molecular weight excluding hydrogens is 404 g/mol. The number of fused-ring (bicyclic) bond motifs is 2. The molecule has 0 aliphatic carbocycles. The molecule has 0 spiro atoms. The Balaban J connectivity index is 0.00000120. The SMILES string of the molecule is Cc1ccc2sc(-c3cc4nc(C)nc(N5CCCCC5)c4[nH]3)c(C)c2c1.Cl.O. The first-order chi connectivity index (χ1) is 13.1. The van der Waals surface area contributed by atoms with Gasteiger partial charge in [0.1, 0.15) is 11.3 Å². The molecular formula is C22H27ClN4OS. The summed E-state index contributed by atoms with van der Waals surface area (Å²) in [5.74, 6) is 1.91. The molecule has 0 bridgehead atoms. The Morgan fingerprint density at radius 1 is 1.00 bits per heavy atom. The second-order valence-electron chi connectivity index (χ2n) is 7.64. The number of thiophene rings is 1. The van der Waals surface area contributed by atoms with Crippen LogP contribution in [-0.4, -0.2) is 33.5 Å². The van der Waals surface area contributed by atoms with Crippen LogP contribution < -0.4 is 4.90 Å². The number of halogens is 1. The average Bonchev–Trinajstić information content (AvgIpc) is 3.23. The lowest BCUT2D eigenvalue weighted by molar-refractivity contribution is 0.574. The Labute approximate surface area is 180 Å². The molecule has 5 nitrogen and oxygen atoms in total. The molecule has 0 radical (unpaired) electrons. The Hall–Kier alpha value is -2.15. The van der Waals surface area contributed by atoms with Crippen molar-refractivity contribution in [2.45, 2.75) is 40.0 Å². The molecule has 0 unspecified atom stereocenters. The molecule has 0 saturated carbocycles. The maximum Gasteiger partial charge on any atom is 0.156 e. The maximum atomic E-state index is 4.80. The molecule has 7 heteroatoms. The van der Waals surface area contributed by atoms with E-state index in [0.29, 0.717) is 0 Å². The van der Waals surface area contributed by atoms with E-state index in [2.05, 4.69) is 48.0 Å². The number of piperidine rings is 1. The van der Waals surface area contributed by atoms with Gasteiger partial charge in [0.2, 0.25) is 0 Å². The van der Waals surface area contributed by atoms with E-state index in [1.165, 1.54) is 45.4 Å². The van der Waals surface area contributed by atoms with Crippen molar-refractivity contribution in [3.63, 3.8) is 0 Å². The summed E-state index contributed by atoms with van der Waals surface area (Å²) in [5.41, 5.74) is 5.89. The van der Waals surface area contributed by atoms with Crippen LogP contribution in [-0.2, 0) is 0 Å². The number of hydrogen-bond donors (Lipinski definition) is 1. The molecule has 4 heterocycles. The molecule has 5 rings (SSSR count). The first-order valence-electron chi connectivity index (χ1n) is 9.72. The fraction of sp³-hybridized carbons (Fsp3) is 0.364. The number of anilines is 1. The van der Waals surface area contributed by atoms with Crippen LogP contribution >= 0.6 is 23.7 Å². The highest BCUT2D eigenvalue weighted by atomic mass is 35.5. The summed E-state index contributed by atoms with van der Waals surface area (Å²) < 4.78 is 1.34. The lowest BCUT2D eigenvalue weighted by Crippen LogP contribution is -2.30. The van der Waals surface area contributed by atoms with Crippen LogP contribution in [0.25, 0.3) is 31.7 Å². The zero-order valence-electron chi connectivity index (χ0n) is 17.0. The van der Waals surface area contributed by atoms with E-state index in [1.54, 1.807) is 0 Å². The van der Waals surface area contributed by atoms with E-state index in [4.69, 9.17) is 9.97 Å². The number of aromatic nitrogens is 3. The summed E-state index contributed by atoms with van der Waals surface area (Å²) in [4.78, 5) is 16.9. The van der Waals surface area contributed by atoms with Gasteiger partial charge in [-0.2, -0.15) is 0 Å². The highest BCUT2D eigenvalue weighted by Gasteiger charge is 2.20. The second kappa shape index (κ2) is 8.30. The lowest BCUT2D eigenvalue weighted by Gasteiger charge is -2.28. The minimum atomic E-state index is 0. The van der Waals surface area contributed by atoms with E-state index in [0.717, 1.165) is 41.5 Å². The molecule has 3 N–H and O–H groups in total. The average molecular weight is 431 g/mol. The summed E-state index contributed by atoms with van der Waals surface area (Å²) in [6.07, 6.45) is 3.81. The van der Waals surface area contributed by atoms with Crippen LogP contribution in [0.15, 0.2) is 24.3 Å². The smallest absolute Gasteiger partial charge is 0.156 e. The van der Waals surface area contributed by atoms with Crippen LogP contribution in [0, 0.1) is 20.8 Å². The fourth-order valence-electron chi connectivity index (χ4n) is 4.16. The molecule has 154 valence electrons. The Morgan fingerprint density at radius 3 is 2.52 bits per heavy atom. The van der Waals surface area contributed by atoms with Crippen LogP contribution in [0.2, 0.25) is 0 Å². The number of benzene rings is 1. The normalized spacial score (nSPS) is 14.1. The van der Waals surface area contributed by atoms with Crippen molar-refractivity contribution in [1.29, 1.82) is 0 Å². The van der Waals surface area contributed by atoms with Gasteiger partial charge in [-0.1, -0.05) is 17.7 Å². The van der Waals surface area contributed by atoms with Crippen molar-refractivity contribution in [1.82, 2.24) is 15.0 Å². The number of H-pyrrole nitrogens is 1. The number of nitrogens with zero attached hydrogens (tertiary/aromatic N) is 3. The van der Waals surface area contributed by atoms with E-state index < -0.39 is 0 Å². The van der Waals surface area contributed by atoms with Gasteiger partial charge in [-0.3, -0.25) is 0 Å². The number of nitrogens with one attached hydrogen (secondary N) is 1. The van der Waals surface area contributed by atoms with Gasteiger partial charge in [-0.05, 0) is 63.1 Å². The Morgan fingerprint density at radius 2 is 1.76 bits per heavy atom. The zero-order chi connectivity index (χ0) is 18.5. The molecule has 3 aromatic heterocycles. The summed E-state index contributed by atoms with van der Waals surface area (Å²) in [6, 6.07) is 8.91. The molecule has 4 aromatic rings. The van der Waals surface area contributed by atoms with Gasteiger partial charge in [-0.25, -0.2) is 9.97 Å². The molecule has 0 atom stereocenters. The summed E-state index contributed by atoms with van der Waals surface area (Å²) in [5, 5.41) is 1.35. The minimum absolute atomic E-state index is 0. The van der Waals surface area contributed by atoms with Crippen LogP contribution in [0.4, 0.5) is 5.82 Å². The number of hydrogen-bond acceptors (Lipinski definition) is 4. The highest BCUT2D eigenvalue weighted by Crippen LogP contribution is 2.40. The third-order valence-electron chi connectivity index (χ3n) is 5.56. The van der Waals surface area contributed by atoms with Crippen molar-refractivity contribution in [3.8, 4) is 10.6 Å². The zero-order valence-corrected chi connectivity index (χ0v) is 18.6. The van der Waals surface area contributed by atoms with E-state index in [-0.39, 0.29) is 17.9 Å². The maximum absolute atomic E-state index is 4.80. The van der Waals surface area contributed by atoms with Crippen LogP contribution in [0.3, 0.4) is 0 Å². The van der Waals surface area contributed by atoms with Gasteiger partial charge in [-0.15, -0.1) is 23.7 Å². The van der Waals surface area contributed by atoms with E-state index in [9.17, 15) is 0 Å². The van der Waals surface area contributed by atoms with Gasteiger partial charge in [0.05, 0.1) is 16.1 Å². The standard InChI is InChI=1S/C22H24N4S.ClH.H2O/c1-13-7-8-19-16(11-13)14(2)21(27-19)18-12-17-20(25-18)22(24-15(3)23-17)26-9-5-4-6-10-26;;/h7-8,11-12,25H,4-6,9-10H2,1-3H3;1H;1H2. The van der Waals surface area contributed by atoms with Crippen molar-refractivity contribution in [2.24, 2.45) is 0 Å². The summed E-state index contributed by atoms with van der Waals surface area (Å²) in [7, 11) is 0. The van der Waals surface area contributed by atoms with Gasteiger partial charge in [0, 0.05) is 17.8 Å². The third kappa shape index (κ3) is 3.72. The first-order valence-corrected chi connectivity index (χ1v) is 10.5. The van der Waals surface area contributed by atoms with Crippen molar-refractivity contribution in [3.05, 3.63) is 41.2 Å². The molecule has 1 aromatic carbocycles. The van der Waals surface area contributed by atoms with Gasteiger partial charge in [0.25, 0.3) is 0 Å². The summed E-state index contributed by atoms with van der Waals surface area (Å²) >= 11 is 1.85. The van der Waals surface area contributed by atoms with E-state index >= 15 is 0 Å². The lowest BCUT2D eigenvalue weighted by atomic mass is 10.1. The number of aromatic amines is 1. The monoisotopic (exact) mass is 430 g/mol. The predicted octanol–water partition coefficient (Wildman–Crippen LogP) is 5.35. The summed E-state index contributed by atoms with van der Waals surface area (Å²) in [6.45, 7) is 8.54. The first kappa shape index (κ1) is 21.6.